The second-order valence-electron chi connectivity index (χ2n) is 3.50. The molecule has 1 aromatic carbocycles. The number of halogens is 2. The Hall–Kier alpha value is -1.60. The summed E-state index contributed by atoms with van der Waals surface area (Å²) in [6.07, 6.45) is 2.74. The monoisotopic (exact) mass is 386 g/mol. The fourth-order valence-electron chi connectivity index (χ4n) is 1.31. The lowest BCUT2D eigenvalue weighted by Crippen LogP contribution is -2.16. The van der Waals surface area contributed by atoms with E-state index in [0.717, 1.165) is 4.47 Å². The minimum atomic E-state index is -0.463. The summed E-state index contributed by atoms with van der Waals surface area (Å²) in [4.78, 5) is 11.5. The van der Waals surface area contributed by atoms with Crippen molar-refractivity contribution < 1.29 is 14.3 Å². The van der Waals surface area contributed by atoms with E-state index in [4.69, 9.17) is 4.42 Å². The summed E-state index contributed by atoms with van der Waals surface area (Å²) in [5, 5.41) is 13.5. The van der Waals surface area contributed by atoms with Crippen LogP contribution in [-0.4, -0.2) is 17.2 Å². The average Bonchev–Trinajstić information content (AvgIpc) is 2.88. The number of rotatable bonds is 3. The van der Waals surface area contributed by atoms with Crippen molar-refractivity contribution in [2.75, 3.05) is 0 Å². The molecule has 0 radical (unpaired) electrons. The summed E-state index contributed by atoms with van der Waals surface area (Å²) >= 11 is 6.50. The van der Waals surface area contributed by atoms with Crippen molar-refractivity contribution in [3.63, 3.8) is 0 Å². The molecule has 0 fully saturated rings. The normalized spacial score (nSPS) is 10.8. The highest BCUT2D eigenvalue weighted by molar-refractivity contribution is 9.11. The maximum atomic E-state index is 11.5. The summed E-state index contributed by atoms with van der Waals surface area (Å²) in [7, 11) is 0. The van der Waals surface area contributed by atoms with Crippen LogP contribution in [-0.2, 0) is 0 Å². The molecule has 0 saturated carbocycles. The zero-order valence-corrected chi connectivity index (χ0v) is 12.6. The first-order valence-corrected chi connectivity index (χ1v) is 6.71. The Kier molecular flexibility index (Phi) is 4.39. The fraction of sp³-hybridized carbons (Fsp3) is 0. The average molecular weight is 388 g/mol. The van der Waals surface area contributed by atoms with Gasteiger partial charge in [0.25, 0.3) is 0 Å². The van der Waals surface area contributed by atoms with E-state index in [2.05, 4.69) is 42.4 Å². The number of carbonyl (C=O) groups excluding carboxylic acids is 1. The van der Waals surface area contributed by atoms with Crippen molar-refractivity contribution in [3.05, 3.63) is 50.8 Å². The van der Waals surface area contributed by atoms with Gasteiger partial charge in [0.05, 0.1) is 17.0 Å². The van der Waals surface area contributed by atoms with Crippen molar-refractivity contribution in [1.82, 2.24) is 5.43 Å². The molecule has 1 aromatic heterocycles. The molecule has 2 aromatic rings. The van der Waals surface area contributed by atoms with Crippen LogP contribution in [0.3, 0.4) is 0 Å². The number of benzene rings is 1. The molecular weight excluding hydrogens is 380 g/mol. The Morgan fingerprint density at radius 3 is 2.89 bits per heavy atom. The molecule has 0 bridgehead atoms. The lowest BCUT2D eigenvalue weighted by Gasteiger charge is -2.02. The lowest BCUT2D eigenvalue weighted by molar-refractivity contribution is 0.0927. The summed E-state index contributed by atoms with van der Waals surface area (Å²) in [6, 6.07) is 6.50. The highest BCUT2D eigenvalue weighted by atomic mass is 79.9. The highest BCUT2D eigenvalue weighted by Crippen LogP contribution is 2.30. The molecule has 0 atom stereocenters. The Balaban J connectivity index is 2.09. The minimum Gasteiger partial charge on any atom is -0.506 e. The van der Waals surface area contributed by atoms with Crippen molar-refractivity contribution >= 4 is 44.0 Å². The van der Waals surface area contributed by atoms with E-state index in [-0.39, 0.29) is 11.5 Å². The molecule has 0 spiro atoms. The number of phenolic OH excluding ortho intramolecular Hbond substituents is 1. The van der Waals surface area contributed by atoms with Crippen molar-refractivity contribution in [1.29, 1.82) is 0 Å². The topological polar surface area (TPSA) is 74.8 Å². The van der Waals surface area contributed by atoms with Gasteiger partial charge in [-0.05, 0) is 40.2 Å². The van der Waals surface area contributed by atoms with Crippen LogP contribution < -0.4 is 5.43 Å². The number of furan rings is 1. The number of carbonyl (C=O) groups is 1. The SMILES string of the molecule is O=C(N/N=C/c1cc(Br)cc(Br)c1O)c1ccco1. The van der Waals surface area contributed by atoms with Gasteiger partial charge in [0.15, 0.2) is 5.76 Å². The van der Waals surface area contributed by atoms with Crippen LogP contribution in [0.4, 0.5) is 0 Å². The molecule has 5 nitrogen and oxygen atoms in total. The molecule has 0 aliphatic rings. The van der Waals surface area contributed by atoms with Crippen LogP contribution >= 0.6 is 31.9 Å². The van der Waals surface area contributed by atoms with Crippen LogP contribution in [0.5, 0.6) is 5.75 Å². The van der Waals surface area contributed by atoms with Gasteiger partial charge in [-0.15, -0.1) is 0 Å². The van der Waals surface area contributed by atoms with Crippen molar-refractivity contribution in [3.8, 4) is 5.75 Å². The maximum Gasteiger partial charge on any atom is 0.307 e. The summed E-state index contributed by atoms with van der Waals surface area (Å²) < 4.78 is 6.21. The van der Waals surface area contributed by atoms with E-state index >= 15 is 0 Å². The number of aromatic hydroxyl groups is 1. The van der Waals surface area contributed by atoms with Gasteiger partial charge in [-0.2, -0.15) is 5.10 Å². The number of amides is 1. The Labute approximate surface area is 125 Å². The standard InChI is InChI=1S/C12H8Br2N2O3/c13-8-4-7(11(17)9(14)5-8)6-15-16-12(18)10-2-1-3-19-10/h1-6,17H,(H,16,18)/b15-6+. The smallest absolute Gasteiger partial charge is 0.307 e. The summed E-state index contributed by atoms with van der Waals surface area (Å²) in [6.45, 7) is 0. The van der Waals surface area contributed by atoms with Crippen LogP contribution in [0.25, 0.3) is 0 Å². The van der Waals surface area contributed by atoms with E-state index in [0.29, 0.717) is 10.0 Å². The van der Waals surface area contributed by atoms with Gasteiger partial charge in [0.2, 0.25) is 0 Å². The third-order valence-corrected chi connectivity index (χ3v) is 3.23. The third-order valence-electron chi connectivity index (χ3n) is 2.17. The number of hydrogen-bond acceptors (Lipinski definition) is 4. The lowest BCUT2D eigenvalue weighted by atomic mass is 10.2. The molecule has 1 heterocycles. The number of phenols is 1. The van der Waals surface area contributed by atoms with E-state index in [1.165, 1.54) is 18.5 Å². The number of nitrogens with zero attached hydrogens (tertiary/aromatic N) is 1. The Morgan fingerprint density at radius 1 is 1.42 bits per heavy atom. The first-order valence-electron chi connectivity index (χ1n) is 5.13. The molecule has 0 unspecified atom stereocenters. The Bertz CT molecular complexity index is 624. The van der Waals surface area contributed by atoms with Gasteiger partial charge in [-0.25, -0.2) is 5.43 Å². The maximum absolute atomic E-state index is 11.5. The zero-order valence-electron chi connectivity index (χ0n) is 9.43. The molecular formula is C12H8Br2N2O3. The zero-order chi connectivity index (χ0) is 13.8. The molecule has 2 N–H and O–H groups in total. The number of nitrogens with one attached hydrogen (secondary N) is 1. The molecule has 0 aliphatic heterocycles. The van der Waals surface area contributed by atoms with E-state index in [1.807, 2.05) is 0 Å². The predicted octanol–water partition coefficient (Wildman–Crippen LogP) is 3.27. The van der Waals surface area contributed by atoms with Gasteiger partial charge in [0, 0.05) is 10.0 Å². The molecule has 2 rings (SSSR count). The third kappa shape index (κ3) is 3.45. The summed E-state index contributed by atoms with van der Waals surface area (Å²) in [5.41, 5.74) is 2.75. The molecule has 7 heteroatoms. The van der Waals surface area contributed by atoms with Gasteiger partial charge in [-0.1, -0.05) is 15.9 Å². The molecule has 0 aliphatic carbocycles. The first-order chi connectivity index (χ1) is 9.08. The van der Waals surface area contributed by atoms with E-state index in [1.54, 1.807) is 18.2 Å². The van der Waals surface area contributed by atoms with E-state index < -0.39 is 5.91 Å². The van der Waals surface area contributed by atoms with Crippen LogP contribution in [0.15, 0.2) is 49.0 Å². The quantitative estimate of drug-likeness (QED) is 0.626. The molecule has 19 heavy (non-hydrogen) atoms. The number of hydrazone groups is 1. The molecule has 1 amide bonds. The van der Waals surface area contributed by atoms with Crippen molar-refractivity contribution in [2.24, 2.45) is 5.10 Å². The molecule has 0 saturated heterocycles. The largest absolute Gasteiger partial charge is 0.506 e. The van der Waals surface area contributed by atoms with Gasteiger partial charge >= 0.3 is 5.91 Å². The van der Waals surface area contributed by atoms with Gasteiger partial charge < -0.3 is 9.52 Å². The highest BCUT2D eigenvalue weighted by Gasteiger charge is 2.07. The van der Waals surface area contributed by atoms with Crippen LogP contribution in [0.1, 0.15) is 16.1 Å². The predicted molar refractivity (Wildman–Crippen MR) is 77.3 cm³/mol. The second-order valence-corrected chi connectivity index (χ2v) is 5.27. The van der Waals surface area contributed by atoms with Crippen LogP contribution in [0.2, 0.25) is 0 Å². The second kappa shape index (κ2) is 6.03. The molecule has 98 valence electrons. The van der Waals surface area contributed by atoms with Gasteiger partial charge in [0.1, 0.15) is 5.75 Å². The summed E-state index contributed by atoms with van der Waals surface area (Å²) in [5.74, 6) is -0.259. The Morgan fingerprint density at radius 2 is 2.21 bits per heavy atom. The fourth-order valence-corrected chi connectivity index (χ4v) is 2.57. The van der Waals surface area contributed by atoms with Crippen LogP contribution in [0, 0.1) is 0 Å². The van der Waals surface area contributed by atoms with Crippen molar-refractivity contribution in [2.45, 2.75) is 0 Å². The number of hydrogen-bond donors (Lipinski definition) is 2. The first kappa shape index (κ1) is 13.8. The minimum absolute atomic E-state index is 0.0409. The van der Waals surface area contributed by atoms with E-state index in [9.17, 15) is 9.90 Å². The van der Waals surface area contributed by atoms with Gasteiger partial charge in [-0.3, -0.25) is 4.79 Å².